The van der Waals surface area contributed by atoms with Gasteiger partial charge in [0.15, 0.2) is 0 Å². The van der Waals surface area contributed by atoms with E-state index in [0.29, 0.717) is 0 Å². The smallest absolute Gasteiger partial charge is 0.456 e. The Bertz CT molecular complexity index is 7080. The molecule has 18 aromatic carbocycles. The maximum absolute atomic E-state index is 6.45. The summed E-state index contributed by atoms with van der Waals surface area (Å²) in [4.78, 5) is 0. The Morgan fingerprint density at radius 3 is 1.04 bits per heavy atom. The van der Waals surface area contributed by atoms with E-state index >= 15 is 0 Å². The molecule has 1 aliphatic heterocycles. The van der Waals surface area contributed by atoms with Crippen molar-refractivity contribution in [3.8, 4) is 55.6 Å². The molecule has 542 valence electrons. The van der Waals surface area contributed by atoms with Gasteiger partial charge in [-0.1, -0.05) is 337 Å². The van der Waals surface area contributed by atoms with E-state index in [4.69, 9.17) is 18.1 Å². The number of benzene rings is 18. The molecule has 3 heterocycles. The molecule has 0 bridgehead atoms. The first-order valence-electron chi connectivity index (χ1n) is 39.4. The molecule has 0 unspecified atom stereocenters. The zero-order chi connectivity index (χ0) is 76.4. The van der Waals surface area contributed by atoms with Crippen LogP contribution in [-0.2, 0) is 20.1 Å². The first kappa shape index (κ1) is 69.0. The van der Waals surface area contributed by atoms with Gasteiger partial charge in [-0.25, -0.2) is 0 Å². The van der Waals surface area contributed by atoms with Crippen molar-refractivity contribution < 1.29 is 18.1 Å². The second-order valence-electron chi connectivity index (χ2n) is 31.6. The maximum atomic E-state index is 6.45. The van der Waals surface area contributed by atoms with Crippen molar-refractivity contribution in [1.29, 1.82) is 0 Å². The molecule has 20 aromatic rings. The Labute approximate surface area is 671 Å². The third-order valence-corrected chi connectivity index (χ3v) is 25.5. The van der Waals surface area contributed by atoms with Crippen LogP contribution in [0.5, 0.6) is 0 Å². The van der Waals surface area contributed by atoms with Gasteiger partial charge in [0.2, 0.25) is 0 Å². The number of hydrogen-bond donors (Lipinski definition) is 0. The summed E-state index contributed by atoms with van der Waals surface area (Å²) < 4.78 is 26.1. The van der Waals surface area contributed by atoms with Gasteiger partial charge in [-0.05, 0) is 243 Å². The molecule has 2 aromatic heterocycles. The van der Waals surface area contributed by atoms with Gasteiger partial charge in [-0.3, -0.25) is 0 Å². The van der Waals surface area contributed by atoms with Crippen LogP contribution in [0.2, 0.25) is 0 Å². The number of hydrogen-bond acceptors (Lipinski definition) is 4. The quantitative estimate of drug-likeness (QED) is 0.142. The average Bonchev–Trinajstić information content (AvgIpc) is 1.54. The minimum atomic E-state index is -0.540. The van der Waals surface area contributed by atoms with Gasteiger partial charge in [0.05, 0.1) is 22.0 Å². The van der Waals surface area contributed by atoms with Gasteiger partial charge >= 0.3 is 7.12 Å². The van der Waals surface area contributed by atoms with Gasteiger partial charge in [-0.2, -0.15) is 0 Å². The fourth-order valence-electron chi connectivity index (χ4n) is 18.7. The third-order valence-electron chi connectivity index (χ3n) is 24.8. The average molecular weight is 1530 g/mol. The molecular weight excluding hydrogens is 1450 g/mol. The van der Waals surface area contributed by atoms with E-state index in [0.717, 1.165) is 53.8 Å². The zero-order valence-electron chi connectivity index (χ0n) is 63.5. The van der Waals surface area contributed by atoms with E-state index in [1.54, 1.807) is 0 Å². The first-order chi connectivity index (χ1) is 55.9. The summed E-state index contributed by atoms with van der Waals surface area (Å²) in [6.45, 7) is 8.30. The lowest BCUT2D eigenvalue weighted by Crippen LogP contribution is -2.41. The molecule has 0 atom stereocenters. The molecule has 2 aliphatic carbocycles. The van der Waals surface area contributed by atoms with Crippen molar-refractivity contribution in [2.24, 2.45) is 0 Å². The summed E-state index contributed by atoms with van der Waals surface area (Å²) in [5.41, 5.74) is 25.9. The van der Waals surface area contributed by atoms with Crippen molar-refractivity contribution in [3.63, 3.8) is 0 Å². The monoisotopic (exact) mass is 1530 g/mol. The van der Waals surface area contributed by atoms with Crippen LogP contribution in [0.3, 0.4) is 0 Å². The van der Waals surface area contributed by atoms with Crippen LogP contribution in [0, 0.1) is 0 Å². The molecule has 114 heavy (non-hydrogen) atoms. The number of furan rings is 2. The molecule has 0 amide bonds. The molecule has 23 rings (SSSR count). The van der Waals surface area contributed by atoms with Gasteiger partial charge in [-0.15, -0.1) is 0 Å². The van der Waals surface area contributed by atoms with E-state index in [1.165, 1.54) is 143 Å². The van der Waals surface area contributed by atoms with Gasteiger partial charge in [0, 0.05) is 26.0 Å². The summed E-state index contributed by atoms with van der Waals surface area (Å²) in [5.74, 6) is 0. The van der Waals surface area contributed by atoms with Crippen LogP contribution in [-0.4, -0.2) is 18.3 Å². The molecule has 0 N–H and O–H groups in total. The SMILES string of the molecule is Brc1cc2c(c3ccccc13)-c1ccc(-c3ccccc3)cc1C2(c1ccccc1)c1ccccc1.CC1(C)OB(c2ccc3oc4cc5ccccc5cc4c3c2)OC1(C)C.c1ccc(-c2ccc3c(c2)C(c2ccccc2)(c2ccccc2)c2cc(-c4ccc5oc6cc7ccccc7cc6c5c4)c4ccccc4c2-3)cc1. The highest BCUT2D eigenvalue weighted by Crippen LogP contribution is 2.62. The van der Waals surface area contributed by atoms with E-state index in [1.807, 2.05) is 18.2 Å². The Hall–Kier alpha value is -12.9. The highest BCUT2D eigenvalue weighted by atomic mass is 79.9. The van der Waals surface area contributed by atoms with Crippen molar-refractivity contribution in [1.82, 2.24) is 0 Å². The van der Waals surface area contributed by atoms with Crippen molar-refractivity contribution in [3.05, 3.63) is 437 Å². The Morgan fingerprint density at radius 2 is 0.588 bits per heavy atom. The fourth-order valence-corrected chi connectivity index (χ4v) is 19.3. The lowest BCUT2D eigenvalue weighted by atomic mass is 9.67. The number of halogens is 1. The predicted molar refractivity (Wildman–Crippen MR) is 478 cm³/mol. The number of fused-ring (bicyclic) bond motifs is 18. The second-order valence-corrected chi connectivity index (χ2v) is 32.4. The highest BCUT2D eigenvalue weighted by molar-refractivity contribution is 9.10. The zero-order valence-corrected chi connectivity index (χ0v) is 65.1. The fraction of sp³-hybridized carbons (Fsp3) is 0.0741. The van der Waals surface area contributed by atoms with Crippen LogP contribution in [0.15, 0.2) is 402 Å². The minimum Gasteiger partial charge on any atom is -0.456 e. The predicted octanol–water partition coefficient (Wildman–Crippen LogP) is 28.3. The molecule has 0 spiro atoms. The molecule has 3 aliphatic rings. The standard InChI is InChI=1S/C51H32O.C35H23Br.C22H21BO3/c1-4-14-33(15-5-1)36-24-26-42-46(30-36)51(38-18-6-2-7-19-38,39-20-8-3-9-21-39)47-32-43(40-22-12-13-23-41(40)50(42)47)37-25-27-48-44(29-37)45-28-34-16-10-11-17-35(34)31-49(45)52-48;36-33-23-32-34(29-19-11-10-18-28(29)33)30-21-20-25(24-12-4-1-5-13-24)22-31(30)35(32,26-14-6-2-7-15-26)27-16-8-3-9-17-27;1-21(2)22(3,4)26-23(25-21)16-9-10-19-18(13-16)17-11-14-7-5-6-8-15(14)12-20(17)24-19/h1-32H;1-23H;5-13H,1-4H3. The van der Waals surface area contributed by atoms with Crippen LogP contribution in [0.25, 0.3) is 143 Å². The Balaban J connectivity index is 0.000000114. The molecular formula is C108H76BBrO4. The van der Waals surface area contributed by atoms with Crippen LogP contribution >= 0.6 is 15.9 Å². The molecule has 0 saturated carbocycles. The van der Waals surface area contributed by atoms with Crippen molar-refractivity contribution in [2.45, 2.75) is 49.7 Å². The summed E-state index contributed by atoms with van der Waals surface area (Å²) in [6, 6.07) is 141. The third kappa shape index (κ3) is 11.0. The molecule has 0 radical (unpaired) electrons. The highest BCUT2D eigenvalue weighted by Gasteiger charge is 2.53. The Kier molecular flexibility index (Phi) is 16.5. The molecule has 1 saturated heterocycles. The summed E-state index contributed by atoms with van der Waals surface area (Å²) in [6.07, 6.45) is 0. The van der Waals surface area contributed by atoms with E-state index in [9.17, 15) is 0 Å². The number of rotatable bonds is 8. The van der Waals surface area contributed by atoms with Gasteiger partial charge < -0.3 is 18.1 Å². The molecule has 6 heteroatoms. The summed E-state index contributed by atoms with van der Waals surface area (Å²) in [5, 5.41) is 14.3. The van der Waals surface area contributed by atoms with Crippen LogP contribution in [0.4, 0.5) is 0 Å². The lowest BCUT2D eigenvalue weighted by Gasteiger charge is -2.34. The normalized spacial score (nSPS) is 14.6. The topological polar surface area (TPSA) is 44.7 Å². The molecule has 1 fully saturated rings. The van der Waals surface area contributed by atoms with Crippen molar-refractivity contribution >= 4 is 115 Å². The van der Waals surface area contributed by atoms with Gasteiger partial charge in [0.1, 0.15) is 22.3 Å². The van der Waals surface area contributed by atoms with E-state index < -0.39 is 10.8 Å². The largest absolute Gasteiger partial charge is 0.494 e. The second kappa shape index (κ2) is 27.2. The van der Waals surface area contributed by atoms with Crippen LogP contribution in [0.1, 0.15) is 72.2 Å². The summed E-state index contributed by atoms with van der Waals surface area (Å²) in [7, 11) is -0.366. The summed E-state index contributed by atoms with van der Waals surface area (Å²) >= 11 is 3.94. The van der Waals surface area contributed by atoms with Crippen LogP contribution < -0.4 is 5.46 Å². The minimum absolute atomic E-state index is 0.346. The maximum Gasteiger partial charge on any atom is 0.494 e. The Morgan fingerprint density at radius 1 is 0.237 bits per heavy atom. The first-order valence-corrected chi connectivity index (χ1v) is 40.2. The molecule has 4 nitrogen and oxygen atoms in total. The lowest BCUT2D eigenvalue weighted by molar-refractivity contribution is 0.00578. The van der Waals surface area contributed by atoms with E-state index in [-0.39, 0.29) is 18.3 Å². The van der Waals surface area contributed by atoms with Gasteiger partial charge in [0.25, 0.3) is 0 Å². The van der Waals surface area contributed by atoms with E-state index in [2.05, 4.69) is 414 Å². The van der Waals surface area contributed by atoms with Crippen molar-refractivity contribution in [2.75, 3.05) is 0 Å².